The van der Waals surface area contributed by atoms with Crippen LogP contribution >= 0.6 is 0 Å². The Morgan fingerprint density at radius 2 is 2.28 bits per heavy atom. The monoisotopic (exact) mass is 245 g/mol. The van der Waals surface area contributed by atoms with Crippen LogP contribution in [-0.2, 0) is 11.2 Å². The standard InChI is InChI=1S/C15H19NO2/c1-18-15(17)11-4-6-12-10(9-11)5-7-14-13(12)3-2-8-16-14/h4,6,9,13-14,16H,2-3,5,7-8H2,1H3/t13-,14-/m0/s1. The maximum absolute atomic E-state index is 11.5. The minimum atomic E-state index is -0.235. The topological polar surface area (TPSA) is 38.3 Å². The van der Waals surface area contributed by atoms with Crippen LogP contribution in [0, 0.1) is 0 Å². The zero-order chi connectivity index (χ0) is 12.5. The van der Waals surface area contributed by atoms with Crippen molar-refractivity contribution in [3.8, 4) is 0 Å². The highest BCUT2D eigenvalue weighted by Gasteiger charge is 2.31. The number of aryl methyl sites for hydroxylation is 1. The third-order valence-electron chi connectivity index (χ3n) is 4.27. The van der Waals surface area contributed by atoms with E-state index in [0.29, 0.717) is 17.5 Å². The molecular weight excluding hydrogens is 226 g/mol. The van der Waals surface area contributed by atoms with Crippen LogP contribution in [0.4, 0.5) is 0 Å². The predicted molar refractivity (Wildman–Crippen MR) is 69.9 cm³/mol. The van der Waals surface area contributed by atoms with Gasteiger partial charge in [-0.2, -0.15) is 0 Å². The largest absolute Gasteiger partial charge is 0.465 e. The second kappa shape index (κ2) is 4.73. The van der Waals surface area contributed by atoms with E-state index < -0.39 is 0 Å². The lowest BCUT2D eigenvalue weighted by atomic mass is 9.75. The smallest absolute Gasteiger partial charge is 0.337 e. The number of carbonyl (C=O) groups is 1. The maximum atomic E-state index is 11.5. The Bertz CT molecular complexity index is 470. The van der Waals surface area contributed by atoms with E-state index >= 15 is 0 Å². The van der Waals surface area contributed by atoms with E-state index in [-0.39, 0.29) is 5.97 Å². The molecule has 1 saturated heterocycles. The van der Waals surface area contributed by atoms with Crippen LogP contribution in [-0.4, -0.2) is 25.7 Å². The molecule has 0 aromatic heterocycles. The molecule has 2 aliphatic rings. The quantitative estimate of drug-likeness (QED) is 0.771. The van der Waals surface area contributed by atoms with Gasteiger partial charge in [0.1, 0.15) is 0 Å². The number of piperidine rings is 1. The normalized spacial score (nSPS) is 26.1. The highest BCUT2D eigenvalue weighted by molar-refractivity contribution is 5.89. The van der Waals surface area contributed by atoms with E-state index in [1.165, 1.54) is 37.5 Å². The zero-order valence-electron chi connectivity index (χ0n) is 10.7. The van der Waals surface area contributed by atoms with E-state index in [1.807, 2.05) is 12.1 Å². The fourth-order valence-electron chi connectivity index (χ4n) is 3.37. The Hall–Kier alpha value is -1.35. The van der Waals surface area contributed by atoms with Gasteiger partial charge in [-0.3, -0.25) is 0 Å². The van der Waals surface area contributed by atoms with Gasteiger partial charge in [0.15, 0.2) is 0 Å². The van der Waals surface area contributed by atoms with E-state index in [1.54, 1.807) is 0 Å². The van der Waals surface area contributed by atoms with Crippen LogP contribution in [0.15, 0.2) is 18.2 Å². The summed E-state index contributed by atoms with van der Waals surface area (Å²) in [6, 6.07) is 6.69. The van der Waals surface area contributed by atoms with Crippen LogP contribution in [0.25, 0.3) is 0 Å². The van der Waals surface area contributed by atoms with Crippen molar-refractivity contribution in [3.05, 3.63) is 34.9 Å². The molecule has 18 heavy (non-hydrogen) atoms. The Labute approximate surface area is 108 Å². The van der Waals surface area contributed by atoms with Gasteiger partial charge >= 0.3 is 5.97 Å². The van der Waals surface area contributed by atoms with Crippen LogP contribution < -0.4 is 5.32 Å². The van der Waals surface area contributed by atoms with Gasteiger partial charge in [0.05, 0.1) is 12.7 Å². The van der Waals surface area contributed by atoms with Crippen molar-refractivity contribution in [2.24, 2.45) is 0 Å². The lowest BCUT2D eigenvalue weighted by Gasteiger charge is -2.38. The second-order valence-corrected chi connectivity index (χ2v) is 5.25. The Morgan fingerprint density at radius 3 is 3.11 bits per heavy atom. The number of rotatable bonds is 1. The van der Waals surface area contributed by atoms with Gasteiger partial charge in [-0.1, -0.05) is 6.07 Å². The van der Waals surface area contributed by atoms with Crippen LogP contribution in [0.3, 0.4) is 0 Å². The van der Waals surface area contributed by atoms with E-state index in [4.69, 9.17) is 4.74 Å². The van der Waals surface area contributed by atoms with Crippen molar-refractivity contribution in [1.82, 2.24) is 5.32 Å². The van der Waals surface area contributed by atoms with Gasteiger partial charge in [-0.15, -0.1) is 0 Å². The molecule has 0 bridgehead atoms. The summed E-state index contributed by atoms with van der Waals surface area (Å²) in [6.07, 6.45) is 4.76. The summed E-state index contributed by atoms with van der Waals surface area (Å²) in [5.41, 5.74) is 3.45. The third kappa shape index (κ3) is 1.93. The second-order valence-electron chi connectivity index (χ2n) is 5.25. The molecule has 1 fully saturated rings. The van der Waals surface area contributed by atoms with E-state index in [9.17, 15) is 4.79 Å². The van der Waals surface area contributed by atoms with Crippen molar-refractivity contribution < 1.29 is 9.53 Å². The molecule has 3 heteroatoms. The summed E-state index contributed by atoms with van der Waals surface area (Å²) in [5.74, 6) is 0.399. The minimum Gasteiger partial charge on any atom is -0.465 e. The number of carbonyl (C=O) groups excluding carboxylic acids is 1. The maximum Gasteiger partial charge on any atom is 0.337 e. The SMILES string of the molecule is COC(=O)c1ccc2c(c1)CC[C@@H]1NCCC[C@@H]21. The molecule has 1 N–H and O–H groups in total. The average Bonchev–Trinajstić information content (AvgIpc) is 2.45. The molecule has 1 aromatic rings. The van der Waals surface area contributed by atoms with Gasteiger partial charge in [0.2, 0.25) is 0 Å². The molecule has 1 aliphatic carbocycles. The first kappa shape index (κ1) is 11.7. The summed E-state index contributed by atoms with van der Waals surface area (Å²) in [7, 11) is 1.43. The Kier molecular flexibility index (Phi) is 3.08. The van der Waals surface area contributed by atoms with E-state index in [2.05, 4.69) is 11.4 Å². The molecule has 96 valence electrons. The number of fused-ring (bicyclic) bond motifs is 3. The van der Waals surface area contributed by atoms with Gasteiger partial charge < -0.3 is 10.1 Å². The number of nitrogens with one attached hydrogen (secondary N) is 1. The Balaban J connectivity index is 1.93. The Morgan fingerprint density at radius 1 is 1.39 bits per heavy atom. The molecule has 0 amide bonds. The first-order valence-electron chi connectivity index (χ1n) is 6.74. The van der Waals surface area contributed by atoms with Crippen molar-refractivity contribution in [3.63, 3.8) is 0 Å². The van der Waals surface area contributed by atoms with Crippen molar-refractivity contribution in [1.29, 1.82) is 0 Å². The number of hydrogen-bond acceptors (Lipinski definition) is 3. The summed E-state index contributed by atoms with van der Waals surface area (Å²) in [6.45, 7) is 1.15. The average molecular weight is 245 g/mol. The zero-order valence-corrected chi connectivity index (χ0v) is 10.7. The van der Waals surface area contributed by atoms with E-state index in [0.717, 1.165) is 13.0 Å². The molecule has 0 saturated carbocycles. The molecule has 1 aromatic carbocycles. The minimum absolute atomic E-state index is 0.235. The molecule has 0 radical (unpaired) electrons. The van der Waals surface area contributed by atoms with Crippen molar-refractivity contribution in [2.75, 3.05) is 13.7 Å². The molecule has 3 rings (SSSR count). The molecule has 3 nitrogen and oxygen atoms in total. The van der Waals surface area contributed by atoms with Crippen molar-refractivity contribution >= 4 is 5.97 Å². The molecule has 2 atom stereocenters. The van der Waals surface area contributed by atoms with Crippen LogP contribution in [0.5, 0.6) is 0 Å². The fourth-order valence-corrected chi connectivity index (χ4v) is 3.37. The number of benzene rings is 1. The summed E-state index contributed by atoms with van der Waals surface area (Å²) in [4.78, 5) is 11.5. The lowest BCUT2D eigenvalue weighted by Crippen LogP contribution is -2.42. The highest BCUT2D eigenvalue weighted by Crippen LogP contribution is 2.37. The summed E-state index contributed by atoms with van der Waals surface area (Å²) < 4.78 is 4.78. The van der Waals surface area contributed by atoms with Gasteiger partial charge in [-0.05, 0) is 61.4 Å². The predicted octanol–water partition coefficient (Wildman–Crippen LogP) is 2.25. The van der Waals surface area contributed by atoms with Crippen LogP contribution in [0.2, 0.25) is 0 Å². The molecule has 0 unspecified atom stereocenters. The number of methoxy groups -OCH3 is 1. The third-order valence-corrected chi connectivity index (χ3v) is 4.27. The molecule has 1 aliphatic heterocycles. The van der Waals surface area contributed by atoms with Crippen LogP contribution in [0.1, 0.15) is 46.7 Å². The first-order valence-corrected chi connectivity index (χ1v) is 6.74. The number of esters is 1. The van der Waals surface area contributed by atoms with Crippen molar-refractivity contribution in [2.45, 2.75) is 37.6 Å². The number of ether oxygens (including phenoxy) is 1. The van der Waals surface area contributed by atoms with Gasteiger partial charge in [0.25, 0.3) is 0 Å². The van der Waals surface area contributed by atoms with Gasteiger partial charge in [-0.25, -0.2) is 4.79 Å². The fraction of sp³-hybridized carbons (Fsp3) is 0.533. The lowest BCUT2D eigenvalue weighted by molar-refractivity contribution is 0.0600. The summed E-state index contributed by atoms with van der Waals surface area (Å²) >= 11 is 0. The first-order chi connectivity index (χ1) is 8.79. The summed E-state index contributed by atoms with van der Waals surface area (Å²) in [5, 5.41) is 3.62. The number of hydrogen-bond donors (Lipinski definition) is 1. The van der Waals surface area contributed by atoms with Gasteiger partial charge in [0, 0.05) is 6.04 Å². The molecule has 0 spiro atoms. The highest BCUT2D eigenvalue weighted by atomic mass is 16.5. The molecule has 1 heterocycles. The molecular formula is C15H19NO2.